The molecule has 4 aliphatic rings. The molecule has 268 valence electrons. The average molecular weight is 709 g/mol. The summed E-state index contributed by atoms with van der Waals surface area (Å²) >= 11 is 6.49. The minimum Gasteiger partial charge on any atom is -0.491 e. The molecule has 2 aromatic rings. The van der Waals surface area contributed by atoms with Gasteiger partial charge in [0.25, 0.3) is 5.91 Å². The molecule has 3 heterocycles. The summed E-state index contributed by atoms with van der Waals surface area (Å²) in [4.78, 5) is 21.2. The van der Waals surface area contributed by atoms with E-state index in [9.17, 15) is 9.00 Å². The monoisotopic (exact) mass is 708 g/mol. The van der Waals surface area contributed by atoms with Crippen LogP contribution in [0.15, 0.2) is 48.6 Å². The highest BCUT2D eigenvalue weighted by Crippen LogP contribution is 2.45. The summed E-state index contributed by atoms with van der Waals surface area (Å²) in [6.45, 7) is 16.6. The van der Waals surface area contributed by atoms with Crippen LogP contribution in [0.5, 0.6) is 5.75 Å². The molecule has 3 aliphatic heterocycles. The zero-order valence-electron chi connectivity index (χ0n) is 30.4. The average Bonchev–Trinajstić information content (AvgIpc) is 3.23. The van der Waals surface area contributed by atoms with Gasteiger partial charge in [-0.05, 0) is 119 Å². The molecule has 1 saturated heterocycles. The van der Waals surface area contributed by atoms with Gasteiger partial charge in [-0.2, -0.15) is 0 Å². The zero-order valence-corrected chi connectivity index (χ0v) is 31.9. The summed E-state index contributed by atoms with van der Waals surface area (Å²) in [6, 6.07) is 13.1. The molecular formula is C40H57ClN4O3S. The molecule has 7 nitrogen and oxygen atoms in total. The van der Waals surface area contributed by atoms with Crippen LogP contribution < -0.4 is 14.4 Å². The minimum atomic E-state index is -1.50. The van der Waals surface area contributed by atoms with Crippen LogP contribution in [0.25, 0.3) is 0 Å². The molecule has 1 N–H and O–H groups in total. The van der Waals surface area contributed by atoms with Gasteiger partial charge in [-0.25, -0.2) is 4.21 Å². The number of fused-ring (bicyclic) bond motifs is 2. The Bertz CT molecular complexity index is 1520. The second kappa shape index (κ2) is 15.9. The minimum absolute atomic E-state index is 0.159. The lowest BCUT2D eigenvalue weighted by Gasteiger charge is -2.48. The Morgan fingerprint density at radius 1 is 1.00 bits per heavy atom. The molecule has 1 aliphatic carbocycles. The van der Waals surface area contributed by atoms with Crippen LogP contribution in [-0.2, 0) is 17.4 Å². The third-order valence-electron chi connectivity index (χ3n) is 12.1. The predicted octanol–water partition coefficient (Wildman–Crippen LogP) is 7.32. The maximum Gasteiger partial charge on any atom is 0.263 e. The van der Waals surface area contributed by atoms with Crippen LogP contribution in [-0.4, -0.2) is 83.6 Å². The molecule has 0 spiro atoms. The number of ether oxygens (including phenoxy) is 1. The van der Waals surface area contributed by atoms with Gasteiger partial charge in [0.15, 0.2) is 0 Å². The van der Waals surface area contributed by atoms with Crippen molar-refractivity contribution < 1.29 is 13.7 Å². The summed E-state index contributed by atoms with van der Waals surface area (Å²) in [7, 11) is 0.757. The van der Waals surface area contributed by atoms with E-state index in [0.717, 1.165) is 68.4 Å². The number of likely N-dealkylation sites (N-methyl/N-ethyl adjacent to an activating group) is 1. The van der Waals surface area contributed by atoms with E-state index in [1.54, 1.807) is 0 Å². The largest absolute Gasteiger partial charge is 0.491 e. The number of anilines is 1. The number of rotatable bonds is 5. The highest BCUT2D eigenvalue weighted by atomic mass is 35.5. The maximum atomic E-state index is 13.5. The number of benzene rings is 2. The first-order valence-electron chi connectivity index (χ1n) is 18.6. The summed E-state index contributed by atoms with van der Waals surface area (Å²) in [5.41, 5.74) is 4.06. The predicted molar refractivity (Wildman–Crippen MR) is 203 cm³/mol. The van der Waals surface area contributed by atoms with Crippen LogP contribution in [0.1, 0.15) is 87.7 Å². The van der Waals surface area contributed by atoms with Crippen molar-refractivity contribution in [3.63, 3.8) is 0 Å². The van der Waals surface area contributed by atoms with Gasteiger partial charge in [-0.3, -0.25) is 19.3 Å². The third-order valence-corrected chi connectivity index (χ3v) is 13.9. The number of hydrogen-bond donors (Lipinski definition) is 1. The van der Waals surface area contributed by atoms with Crippen LogP contribution in [0.3, 0.4) is 0 Å². The lowest BCUT2D eigenvalue weighted by Crippen LogP contribution is -2.56. The number of amides is 1. The number of aryl methyl sites for hydroxylation is 1. The molecule has 9 atom stereocenters. The first-order chi connectivity index (χ1) is 23.5. The van der Waals surface area contributed by atoms with Crippen LogP contribution in [0, 0.1) is 23.7 Å². The number of carbonyl (C=O) groups excluding carboxylic acids is 1. The van der Waals surface area contributed by atoms with Crippen LogP contribution in [0.2, 0.25) is 5.02 Å². The summed E-state index contributed by atoms with van der Waals surface area (Å²) in [5.74, 6) is 2.42. The molecular weight excluding hydrogens is 652 g/mol. The quantitative estimate of drug-likeness (QED) is 0.329. The number of piperazine rings is 1. The highest BCUT2D eigenvalue weighted by molar-refractivity contribution is 7.84. The Morgan fingerprint density at radius 2 is 1.78 bits per heavy atom. The van der Waals surface area contributed by atoms with Gasteiger partial charge in [0.2, 0.25) is 0 Å². The topological polar surface area (TPSA) is 65.1 Å². The number of allylic oxidation sites excluding steroid dienone is 1. The Kier molecular flexibility index (Phi) is 11.8. The summed E-state index contributed by atoms with van der Waals surface area (Å²) in [6.07, 6.45) is 10.1. The van der Waals surface area contributed by atoms with E-state index in [4.69, 9.17) is 16.3 Å². The van der Waals surface area contributed by atoms with E-state index in [2.05, 4.69) is 78.4 Å². The molecule has 0 radical (unpaired) electrons. The van der Waals surface area contributed by atoms with Crippen molar-refractivity contribution in [1.82, 2.24) is 14.5 Å². The molecule has 9 heteroatoms. The first-order valence-corrected chi connectivity index (χ1v) is 20.2. The number of nitrogens with zero attached hydrogens (tertiary/aromatic N) is 3. The fraction of sp³-hybridized carbons (Fsp3) is 0.625. The van der Waals surface area contributed by atoms with Gasteiger partial charge < -0.3 is 9.64 Å². The Morgan fingerprint density at radius 3 is 2.49 bits per heavy atom. The van der Waals surface area contributed by atoms with Gasteiger partial charge in [-0.15, -0.1) is 0 Å². The molecule has 2 bridgehead atoms. The first kappa shape index (κ1) is 36.4. The van der Waals surface area contributed by atoms with Crippen molar-refractivity contribution in [2.45, 2.75) is 90.0 Å². The Balaban J connectivity index is 1.35. The van der Waals surface area contributed by atoms with Gasteiger partial charge >= 0.3 is 0 Å². The van der Waals surface area contributed by atoms with Gasteiger partial charge in [0.1, 0.15) is 16.7 Å². The Labute approximate surface area is 302 Å². The molecule has 9 unspecified atom stereocenters. The van der Waals surface area contributed by atoms with Gasteiger partial charge in [0.05, 0.1) is 17.5 Å². The number of carbonyl (C=O) groups is 1. The Hall–Kier alpha value is -2.39. The smallest absolute Gasteiger partial charge is 0.263 e. The normalized spacial score (nSPS) is 33.8. The third kappa shape index (κ3) is 8.24. The van der Waals surface area contributed by atoms with E-state index in [0.29, 0.717) is 42.0 Å². The fourth-order valence-corrected chi connectivity index (χ4v) is 9.75. The molecule has 1 saturated carbocycles. The van der Waals surface area contributed by atoms with Crippen molar-refractivity contribution in [2.75, 3.05) is 51.3 Å². The van der Waals surface area contributed by atoms with E-state index >= 15 is 0 Å². The van der Waals surface area contributed by atoms with Crippen LogP contribution in [0.4, 0.5) is 5.69 Å². The second-order valence-corrected chi connectivity index (χ2v) is 17.5. The molecule has 6 rings (SSSR count). The number of hydrogen-bond acceptors (Lipinski definition) is 6. The molecule has 49 heavy (non-hydrogen) atoms. The zero-order chi connectivity index (χ0) is 34.8. The van der Waals surface area contributed by atoms with Crippen molar-refractivity contribution in [2.24, 2.45) is 23.7 Å². The van der Waals surface area contributed by atoms with Gasteiger partial charge in [-0.1, -0.05) is 50.1 Å². The lowest BCUT2D eigenvalue weighted by atomic mass is 9.66. The van der Waals surface area contributed by atoms with Crippen molar-refractivity contribution >= 4 is 34.2 Å². The maximum absolute atomic E-state index is 13.5. The summed E-state index contributed by atoms with van der Waals surface area (Å²) < 4.78 is 22.8. The van der Waals surface area contributed by atoms with Crippen LogP contribution >= 0.6 is 11.6 Å². The molecule has 2 fully saturated rings. The van der Waals surface area contributed by atoms with E-state index < -0.39 is 11.0 Å². The summed E-state index contributed by atoms with van der Waals surface area (Å²) in [5, 5.41) is 0.598. The molecule has 2 aromatic carbocycles. The standard InChI is InChI=1S/C40H57ClN4O3S/c1-7-9-30-18-35(41)14-16-36(30)34-24-45-23-33-12-15-37(33)32(22-44-20-27(3)43(6)28(4)21-44)11-8-10-26(2)29(5)49(47)42-40(46)31-13-17-39(48-25-34)38(45)19-31/h8,11,13-14,16-19,26-29,32-34,37H,7,9-10,12,15,20-25H2,1-6H3,(H,42,46)/b11-8+. The fourth-order valence-electron chi connectivity index (χ4n) is 8.54. The SMILES string of the molecule is CCCc1cc(Cl)ccc1C1COc2ccc3cc2N(C1)CC1CCC1C(CN1CC(C)N(C)C(C)C1)/C=C/CC(C)C(C)S(=O)NC3=O. The van der Waals surface area contributed by atoms with Crippen molar-refractivity contribution in [1.29, 1.82) is 0 Å². The lowest BCUT2D eigenvalue weighted by molar-refractivity contribution is 0.0335. The molecule has 1 amide bonds. The molecule has 0 aromatic heterocycles. The van der Waals surface area contributed by atoms with E-state index in [1.807, 2.05) is 31.2 Å². The van der Waals surface area contributed by atoms with E-state index in [-0.39, 0.29) is 23.0 Å². The number of halogens is 1. The van der Waals surface area contributed by atoms with Crippen molar-refractivity contribution in [3.8, 4) is 5.75 Å². The highest BCUT2D eigenvalue weighted by Gasteiger charge is 2.40. The van der Waals surface area contributed by atoms with Crippen molar-refractivity contribution in [3.05, 3.63) is 70.3 Å². The number of nitrogens with one attached hydrogen (secondary N) is 1. The second-order valence-electron chi connectivity index (χ2n) is 15.5. The van der Waals surface area contributed by atoms with Gasteiger partial charge in [0, 0.05) is 61.3 Å². The van der Waals surface area contributed by atoms with E-state index in [1.165, 1.54) is 24.0 Å².